The van der Waals surface area contributed by atoms with Gasteiger partial charge in [0, 0.05) is 29.9 Å². The molecule has 160 valence electrons. The topological polar surface area (TPSA) is 73.3 Å². The van der Waals surface area contributed by atoms with Gasteiger partial charge in [-0.1, -0.05) is 36.4 Å². The van der Waals surface area contributed by atoms with E-state index in [2.05, 4.69) is 15.3 Å². The average Bonchev–Trinajstić information content (AvgIpc) is 2.84. The third kappa shape index (κ3) is 5.07. The fourth-order valence-corrected chi connectivity index (χ4v) is 3.01. The number of ether oxygens (including phenoxy) is 2. The van der Waals surface area contributed by atoms with Gasteiger partial charge in [0.25, 0.3) is 5.91 Å². The molecule has 6 nitrogen and oxygen atoms in total. The van der Waals surface area contributed by atoms with E-state index in [0.29, 0.717) is 35.3 Å². The molecule has 0 spiro atoms. The molecular weight excluding hydrogens is 409 g/mol. The number of carbonyl (C=O) groups excluding carboxylic acids is 1. The van der Waals surface area contributed by atoms with Crippen LogP contribution in [-0.2, 0) is 6.54 Å². The maximum absolute atomic E-state index is 13.0. The van der Waals surface area contributed by atoms with E-state index in [9.17, 15) is 9.18 Å². The van der Waals surface area contributed by atoms with Crippen molar-refractivity contribution in [3.63, 3.8) is 0 Å². The summed E-state index contributed by atoms with van der Waals surface area (Å²) in [5.74, 6) is 1.46. The van der Waals surface area contributed by atoms with Gasteiger partial charge in [-0.25, -0.2) is 9.37 Å². The Morgan fingerprint density at radius 2 is 1.66 bits per heavy atom. The number of methoxy groups -OCH3 is 1. The molecule has 0 fully saturated rings. The van der Waals surface area contributed by atoms with E-state index in [1.165, 1.54) is 12.1 Å². The van der Waals surface area contributed by atoms with Crippen LogP contribution in [0.2, 0.25) is 0 Å². The van der Waals surface area contributed by atoms with Crippen molar-refractivity contribution in [2.45, 2.75) is 6.54 Å². The zero-order valence-electron chi connectivity index (χ0n) is 17.3. The average molecular weight is 429 g/mol. The molecule has 32 heavy (non-hydrogen) atoms. The fourth-order valence-electron chi connectivity index (χ4n) is 3.01. The molecule has 0 aliphatic rings. The van der Waals surface area contributed by atoms with E-state index < -0.39 is 0 Å². The van der Waals surface area contributed by atoms with Gasteiger partial charge in [0.15, 0.2) is 17.3 Å². The predicted octanol–water partition coefficient (Wildman–Crippen LogP) is 5.01. The highest BCUT2D eigenvalue weighted by Crippen LogP contribution is 2.30. The molecule has 0 radical (unpaired) electrons. The van der Waals surface area contributed by atoms with Crippen LogP contribution < -0.4 is 14.8 Å². The lowest BCUT2D eigenvalue weighted by Gasteiger charge is -2.10. The van der Waals surface area contributed by atoms with Crippen molar-refractivity contribution in [2.24, 2.45) is 0 Å². The minimum Gasteiger partial charge on any atom is -0.493 e. The molecule has 1 aromatic heterocycles. The fraction of sp³-hybridized carbons (Fsp3) is 0.0800. The minimum absolute atomic E-state index is 0.227. The molecule has 1 heterocycles. The highest BCUT2D eigenvalue weighted by molar-refractivity contribution is 5.94. The van der Waals surface area contributed by atoms with Crippen molar-refractivity contribution in [3.05, 3.63) is 102 Å². The number of amides is 1. The number of halogens is 1. The monoisotopic (exact) mass is 429 g/mol. The Morgan fingerprint density at radius 1 is 0.938 bits per heavy atom. The Morgan fingerprint density at radius 3 is 2.38 bits per heavy atom. The summed E-state index contributed by atoms with van der Waals surface area (Å²) in [6.07, 6.45) is 1.61. The lowest BCUT2D eigenvalue weighted by molar-refractivity contribution is 0.0951. The Labute approximate surface area is 184 Å². The molecule has 7 heteroatoms. The third-order valence-electron chi connectivity index (χ3n) is 4.69. The SMILES string of the molecule is COc1ccccc1Oc1ccnc(-c2ccc(C(=O)NCc3ccc(F)cc3)cc2)n1. The molecule has 0 aliphatic heterocycles. The summed E-state index contributed by atoms with van der Waals surface area (Å²) in [4.78, 5) is 21.2. The van der Waals surface area contributed by atoms with Gasteiger partial charge in [-0.2, -0.15) is 4.98 Å². The van der Waals surface area contributed by atoms with E-state index >= 15 is 0 Å². The molecule has 4 aromatic rings. The van der Waals surface area contributed by atoms with Crippen LogP contribution in [0.4, 0.5) is 4.39 Å². The largest absolute Gasteiger partial charge is 0.493 e. The molecule has 3 aromatic carbocycles. The summed E-state index contributed by atoms with van der Waals surface area (Å²) in [7, 11) is 1.57. The van der Waals surface area contributed by atoms with E-state index in [0.717, 1.165) is 11.1 Å². The number of nitrogens with one attached hydrogen (secondary N) is 1. The first-order chi connectivity index (χ1) is 15.6. The van der Waals surface area contributed by atoms with E-state index in [4.69, 9.17) is 9.47 Å². The summed E-state index contributed by atoms with van der Waals surface area (Å²) >= 11 is 0. The van der Waals surface area contributed by atoms with Crippen LogP contribution in [-0.4, -0.2) is 23.0 Å². The molecule has 0 saturated heterocycles. The Hall–Kier alpha value is -4.26. The second kappa shape index (κ2) is 9.70. The van der Waals surface area contributed by atoms with Crippen molar-refractivity contribution in [1.29, 1.82) is 0 Å². The van der Waals surface area contributed by atoms with Gasteiger partial charge < -0.3 is 14.8 Å². The number of para-hydroxylation sites is 2. The first-order valence-corrected chi connectivity index (χ1v) is 9.89. The van der Waals surface area contributed by atoms with Crippen LogP contribution in [0, 0.1) is 5.82 Å². The number of hydrogen-bond donors (Lipinski definition) is 1. The lowest BCUT2D eigenvalue weighted by atomic mass is 10.1. The second-order valence-electron chi connectivity index (χ2n) is 6.86. The lowest BCUT2D eigenvalue weighted by Crippen LogP contribution is -2.22. The van der Waals surface area contributed by atoms with Crippen molar-refractivity contribution < 1.29 is 18.7 Å². The first kappa shape index (κ1) is 21.0. The quantitative estimate of drug-likeness (QED) is 0.447. The van der Waals surface area contributed by atoms with Crippen molar-refractivity contribution in [2.75, 3.05) is 7.11 Å². The van der Waals surface area contributed by atoms with Gasteiger partial charge in [-0.15, -0.1) is 0 Å². The highest BCUT2D eigenvalue weighted by Gasteiger charge is 2.10. The number of benzene rings is 3. The summed E-state index contributed by atoms with van der Waals surface area (Å²) in [5.41, 5.74) is 2.06. The zero-order chi connectivity index (χ0) is 22.3. The molecule has 0 unspecified atom stereocenters. The van der Waals surface area contributed by atoms with Gasteiger partial charge in [-0.3, -0.25) is 4.79 Å². The Kier molecular flexibility index (Phi) is 6.36. The molecule has 0 atom stereocenters. The summed E-state index contributed by atoms with van der Waals surface area (Å²) in [6.45, 7) is 0.312. The van der Waals surface area contributed by atoms with E-state index in [1.54, 1.807) is 67.9 Å². The molecule has 0 saturated carbocycles. The summed E-state index contributed by atoms with van der Waals surface area (Å²) in [6, 6.07) is 21.9. The first-order valence-electron chi connectivity index (χ1n) is 9.89. The van der Waals surface area contributed by atoms with Crippen molar-refractivity contribution in [1.82, 2.24) is 15.3 Å². The van der Waals surface area contributed by atoms with Gasteiger partial charge in [0.05, 0.1) is 7.11 Å². The third-order valence-corrected chi connectivity index (χ3v) is 4.69. The van der Waals surface area contributed by atoms with Gasteiger partial charge in [0.2, 0.25) is 5.88 Å². The second-order valence-corrected chi connectivity index (χ2v) is 6.86. The normalized spacial score (nSPS) is 10.4. The van der Waals surface area contributed by atoms with Crippen LogP contribution in [0.25, 0.3) is 11.4 Å². The number of aromatic nitrogens is 2. The zero-order valence-corrected chi connectivity index (χ0v) is 17.3. The predicted molar refractivity (Wildman–Crippen MR) is 118 cm³/mol. The minimum atomic E-state index is -0.310. The summed E-state index contributed by atoms with van der Waals surface area (Å²) < 4.78 is 24.1. The smallest absolute Gasteiger partial charge is 0.251 e. The summed E-state index contributed by atoms with van der Waals surface area (Å²) in [5, 5.41) is 2.82. The van der Waals surface area contributed by atoms with Crippen molar-refractivity contribution in [3.8, 4) is 28.8 Å². The Balaban J connectivity index is 1.44. The van der Waals surface area contributed by atoms with Crippen LogP contribution in [0.3, 0.4) is 0 Å². The molecule has 0 aliphatic carbocycles. The van der Waals surface area contributed by atoms with E-state index in [1.807, 2.05) is 12.1 Å². The molecule has 0 bridgehead atoms. The molecule has 4 rings (SSSR count). The molecule has 1 N–H and O–H groups in total. The highest BCUT2D eigenvalue weighted by atomic mass is 19.1. The van der Waals surface area contributed by atoms with Crippen LogP contribution in [0.15, 0.2) is 85.1 Å². The maximum atomic E-state index is 13.0. The number of rotatable bonds is 7. The molecule has 1 amide bonds. The van der Waals surface area contributed by atoms with Gasteiger partial charge in [-0.05, 0) is 42.0 Å². The number of nitrogens with zero attached hydrogens (tertiary/aromatic N) is 2. The van der Waals surface area contributed by atoms with Gasteiger partial charge >= 0.3 is 0 Å². The maximum Gasteiger partial charge on any atom is 0.251 e. The van der Waals surface area contributed by atoms with Gasteiger partial charge in [0.1, 0.15) is 5.82 Å². The molecular formula is C25H20FN3O3. The number of hydrogen-bond acceptors (Lipinski definition) is 5. The Bertz CT molecular complexity index is 1210. The van der Waals surface area contributed by atoms with E-state index in [-0.39, 0.29) is 11.7 Å². The van der Waals surface area contributed by atoms with Crippen LogP contribution in [0.1, 0.15) is 15.9 Å². The van der Waals surface area contributed by atoms with Crippen LogP contribution in [0.5, 0.6) is 17.4 Å². The standard InChI is InChI=1S/C25H20FN3O3/c1-31-21-4-2-3-5-22(21)32-23-14-15-27-24(29-23)18-8-10-19(11-9-18)25(30)28-16-17-6-12-20(26)13-7-17/h2-15H,16H2,1H3,(H,28,30). The number of carbonyl (C=O) groups is 1. The van der Waals surface area contributed by atoms with Crippen molar-refractivity contribution >= 4 is 5.91 Å². The van der Waals surface area contributed by atoms with Crippen LogP contribution >= 0.6 is 0 Å².